The van der Waals surface area contributed by atoms with Crippen molar-refractivity contribution in [1.82, 2.24) is 9.55 Å². The quantitative estimate of drug-likeness (QED) is 0.507. The van der Waals surface area contributed by atoms with Crippen LogP contribution in [0, 0.1) is 6.92 Å². The predicted molar refractivity (Wildman–Crippen MR) is 98.6 cm³/mol. The number of aromatic nitrogens is 2. The largest absolute Gasteiger partial charge is 0.383 e. The summed E-state index contributed by atoms with van der Waals surface area (Å²) in [5, 5.41) is 1.38. The lowest BCUT2D eigenvalue weighted by Gasteiger charge is -2.13. The molecule has 2 aromatic carbocycles. The van der Waals surface area contributed by atoms with Gasteiger partial charge in [-0.3, -0.25) is 9.36 Å². The molecule has 3 rings (SSSR count). The van der Waals surface area contributed by atoms with E-state index >= 15 is 0 Å². The van der Waals surface area contributed by atoms with Gasteiger partial charge in [0.15, 0.2) is 5.16 Å². The van der Waals surface area contributed by atoms with E-state index in [0.717, 1.165) is 16.4 Å². The molecule has 1 aromatic heterocycles. The summed E-state index contributed by atoms with van der Waals surface area (Å²) in [6.07, 6.45) is 0. The number of hydrogen-bond donors (Lipinski definition) is 0. The number of nitrogens with zero attached hydrogens (tertiary/aromatic N) is 2. The molecule has 124 valence electrons. The van der Waals surface area contributed by atoms with E-state index in [1.165, 1.54) is 11.1 Å². The highest BCUT2D eigenvalue weighted by molar-refractivity contribution is 7.98. The van der Waals surface area contributed by atoms with E-state index in [0.29, 0.717) is 18.5 Å². The van der Waals surface area contributed by atoms with Crippen molar-refractivity contribution in [3.8, 4) is 0 Å². The summed E-state index contributed by atoms with van der Waals surface area (Å²) in [5.74, 6) is 0.782. The Morgan fingerprint density at radius 2 is 1.88 bits per heavy atom. The average Bonchev–Trinajstić information content (AvgIpc) is 2.60. The molecule has 0 unspecified atom stereocenters. The first-order chi connectivity index (χ1) is 11.7. The second-order valence-corrected chi connectivity index (χ2v) is 6.52. The predicted octanol–water partition coefficient (Wildman–Crippen LogP) is 3.64. The van der Waals surface area contributed by atoms with E-state index in [4.69, 9.17) is 9.72 Å². The van der Waals surface area contributed by atoms with Crippen molar-refractivity contribution >= 4 is 22.7 Å². The van der Waals surface area contributed by atoms with E-state index in [1.54, 1.807) is 23.4 Å². The van der Waals surface area contributed by atoms with Crippen molar-refractivity contribution in [2.45, 2.75) is 24.4 Å². The van der Waals surface area contributed by atoms with Gasteiger partial charge in [-0.25, -0.2) is 4.98 Å². The first-order valence-corrected chi connectivity index (χ1v) is 8.85. The van der Waals surface area contributed by atoms with Gasteiger partial charge >= 0.3 is 0 Å². The van der Waals surface area contributed by atoms with Gasteiger partial charge in [0, 0.05) is 12.9 Å². The average molecular weight is 340 g/mol. The summed E-state index contributed by atoms with van der Waals surface area (Å²) in [4.78, 5) is 17.5. The number of rotatable bonds is 6. The normalized spacial score (nSPS) is 11.1. The number of fused-ring (bicyclic) bond motifs is 1. The molecule has 0 N–H and O–H groups in total. The number of benzene rings is 2. The Hall–Kier alpha value is -2.11. The third kappa shape index (κ3) is 3.52. The SMILES string of the molecule is COCCn1c(SCc2ccccc2C)nc2ccccc2c1=O. The second kappa shape index (κ2) is 7.64. The standard InChI is InChI=1S/C19H20N2O2S/c1-14-7-3-4-8-15(14)13-24-19-20-17-10-6-5-9-16(17)18(22)21(19)11-12-23-2/h3-10H,11-13H2,1-2H3. The van der Waals surface area contributed by atoms with Gasteiger partial charge in [0.2, 0.25) is 0 Å². The van der Waals surface area contributed by atoms with Crippen LogP contribution < -0.4 is 5.56 Å². The molecule has 0 radical (unpaired) electrons. The van der Waals surface area contributed by atoms with Gasteiger partial charge in [-0.05, 0) is 30.2 Å². The molecule has 0 saturated heterocycles. The van der Waals surface area contributed by atoms with Crippen LogP contribution in [0.15, 0.2) is 58.5 Å². The molecule has 4 nitrogen and oxygen atoms in total. The van der Waals surface area contributed by atoms with Crippen molar-refractivity contribution < 1.29 is 4.74 Å². The number of aryl methyl sites for hydroxylation is 1. The monoisotopic (exact) mass is 340 g/mol. The van der Waals surface area contributed by atoms with Crippen LogP contribution in [0.25, 0.3) is 10.9 Å². The lowest BCUT2D eigenvalue weighted by molar-refractivity contribution is 0.183. The fraction of sp³-hybridized carbons (Fsp3) is 0.263. The fourth-order valence-electron chi connectivity index (χ4n) is 2.55. The number of methoxy groups -OCH3 is 1. The highest BCUT2D eigenvalue weighted by Gasteiger charge is 2.11. The Bertz CT molecular complexity index is 905. The highest BCUT2D eigenvalue weighted by Crippen LogP contribution is 2.23. The zero-order valence-corrected chi connectivity index (χ0v) is 14.7. The topological polar surface area (TPSA) is 44.1 Å². The number of para-hydroxylation sites is 1. The van der Waals surface area contributed by atoms with Gasteiger partial charge in [-0.15, -0.1) is 0 Å². The number of thioether (sulfide) groups is 1. The molecule has 0 saturated carbocycles. The third-order valence-corrected chi connectivity index (χ3v) is 4.99. The fourth-order valence-corrected chi connectivity index (χ4v) is 3.65. The van der Waals surface area contributed by atoms with Crippen molar-refractivity contribution in [3.05, 3.63) is 70.0 Å². The Labute approximate surface area is 145 Å². The summed E-state index contributed by atoms with van der Waals surface area (Å²) >= 11 is 1.59. The van der Waals surface area contributed by atoms with E-state index < -0.39 is 0 Å². The minimum atomic E-state index is -0.00932. The summed E-state index contributed by atoms with van der Waals surface area (Å²) in [5.41, 5.74) is 3.23. The maximum Gasteiger partial charge on any atom is 0.262 e. The molecule has 0 aliphatic heterocycles. The minimum absolute atomic E-state index is 0.00932. The summed E-state index contributed by atoms with van der Waals surface area (Å²) in [6.45, 7) is 3.09. The van der Waals surface area contributed by atoms with Crippen LogP contribution in [0.4, 0.5) is 0 Å². The molecule has 0 amide bonds. The lowest BCUT2D eigenvalue weighted by Crippen LogP contribution is -2.25. The first-order valence-electron chi connectivity index (χ1n) is 7.86. The highest BCUT2D eigenvalue weighted by atomic mass is 32.2. The van der Waals surface area contributed by atoms with Crippen molar-refractivity contribution in [2.24, 2.45) is 0 Å². The summed E-state index contributed by atoms with van der Waals surface area (Å²) in [6, 6.07) is 15.8. The molecule has 0 aliphatic carbocycles. The van der Waals surface area contributed by atoms with E-state index in [2.05, 4.69) is 19.1 Å². The van der Waals surface area contributed by atoms with Gasteiger partial charge in [0.25, 0.3) is 5.56 Å². The van der Waals surface area contributed by atoms with E-state index in [9.17, 15) is 4.79 Å². The Morgan fingerprint density at radius 3 is 2.67 bits per heavy atom. The summed E-state index contributed by atoms with van der Waals surface area (Å²) in [7, 11) is 1.64. The van der Waals surface area contributed by atoms with Crippen LogP contribution in [0.2, 0.25) is 0 Å². The van der Waals surface area contributed by atoms with Crippen LogP contribution >= 0.6 is 11.8 Å². The van der Waals surface area contributed by atoms with Crippen molar-refractivity contribution in [2.75, 3.05) is 13.7 Å². The van der Waals surface area contributed by atoms with Gasteiger partial charge in [0.05, 0.1) is 24.1 Å². The minimum Gasteiger partial charge on any atom is -0.383 e. The zero-order valence-electron chi connectivity index (χ0n) is 13.9. The van der Waals surface area contributed by atoms with E-state index in [1.807, 2.05) is 36.4 Å². The van der Waals surface area contributed by atoms with Crippen molar-refractivity contribution in [1.29, 1.82) is 0 Å². The van der Waals surface area contributed by atoms with Crippen LogP contribution in [0.1, 0.15) is 11.1 Å². The maximum absolute atomic E-state index is 12.8. The second-order valence-electron chi connectivity index (χ2n) is 5.58. The number of hydrogen-bond acceptors (Lipinski definition) is 4. The Kier molecular flexibility index (Phi) is 5.33. The van der Waals surface area contributed by atoms with Crippen molar-refractivity contribution in [3.63, 3.8) is 0 Å². The van der Waals surface area contributed by atoms with Gasteiger partial charge in [-0.1, -0.05) is 48.2 Å². The molecule has 1 heterocycles. The first kappa shape index (κ1) is 16.7. The third-order valence-electron chi connectivity index (χ3n) is 3.96. The van der Waals surface area contributed by atoms with Gasteiger partial charge in [-0.2, -0.15) is 0 Å². The van der Waals surface area contributed by atoms with Crippen LogP contribution in [-0.4, -0.2) is 23.3 Å². The molecule has 0 bridgehead atoms. The lowest BCUT2D eigenvalue weighted by atomic mass is 10.1. The maximum atomic E-state index is 12.8. The Morgan fingerprint density at radius 1 is 1.12 bits per heavy atom. The van der Waals surface area contributed by atoms with Crippen LogP contribution in [0.5, 0.6) is 0 Å². The van der Waals surface area contributed by atoms with E-state index in [-0.39, 0.29) is 5.56 Å². The molecule has 3 aromatic rings. The van der Waals surface area contributed by atoms with Crippen LogP contribution in [-0.2, 0) is 17.0 Å². The number of ether oxygens (including phenoxy) is 1. The molecule has 0 aliphatic rings. The zero-order chi connectivity index (χ0) is 16.9. The molecule has 0 fully saturated rings. The molecule has 5 heteroatoms. The molecule has 24 heavy (non-hydrogen) atoms. The van der Waals surface area contributed by atoms with Gasteiger partial charge < -0.3 is 4.74 Å². The molecule has 0 spiro atoms. The molecular weight excluding hydrogens is 320 g/mol. The van der Waals surface area contributed by atoms with Gasteiger partial charge in [0.1, 0.15) is 0 Å². The Balaban J connectivity index is 1.98. The summed E-state index contributed by atoms with van der Waals surface area (Å²) < 4.78 is 6.87. The molecular formula is C19H20N2O2S. The smallest absolute Gasteiger partial charge is 0.262 e. The van der Waals surface area contributed by atoms with Crippen LogP contribution in [0.3, 0.4) is 0 Å². The molecule has 0 atom stereocenters.